The fraction of sp³-hybridized carbons (Fsp3) is 0.597. The molecule has 0 aromatic heterocycles. The molecule has 0 aromatic rings. The summed E-state index contributed by atoms with van der Waals surface area (Å²) >= 11 is 0. The van der Waals surface area contributed by atoms with E-state index in [4.69, 9.17) is 14.2 Å². The first-order chi connectivity index (χ1) is 36.0. The molecule has 0 fully saturated rings. The molecule has 410 valence electrons. The van der Waals surface area contributed by atoms with Crippen LogP contribution in [-0.2, 0) is 28.6 Å². The van der Waals surface area contributed by atoms with Crippen LogP contribution in [-0.4, -0.2) is 37.2 Å². The summed E-state index contributed by atoms with van der Waals surface area (Å²) in [6.07, 6.45) is 85.7. The van der Waals surface area contributed by atoms with Crippen molar-refractivity contribution >= 4 is 17.9 Å². The lowest BCUT2D eigenvalue weighted by atomic mass is 10.1. The van der Waals surface area contributed by atoms with Crippen molar-refractivity contribution in [2.45, 2.75) is 245 Å². The Hall–Kier alpha value is -4.71. The summed E-state index contributed by atoms with van der Waals surface area (Å²) < 4.78 is 16.8. The quantitative estimate of drug-likeness (QED) is 0.0261. The van der Waals surface area contributed by atoms with Gasteiger partial charge < -0.3 is 14.2 Å². The maximum Gasteiger partial charge on any atom is 0.306 e. The second-order valence-electron chi connectivity index (χ2n) is 18.8. The van der Waals surface area contributed by atoms with E-state index >= 15 is 0 Å². The van der Waals surface area contributed by atoms with Crippen molar-refractivity contribution in [3.63, 3.8) is 0 Å². The van der Waals surface area contributed by atoms with Crippen molar-refractivity contribution < 1.29 is 28.6 Å². The minimum Gasteiger partial charge on any atom is -0.462 e. The Balaban J connectivity index is 4.30. The molecule has 0 spiro atoms. The van der Waals surface area contributed by atoms with E-state index in [1.807, 2.05) is 0 Å². The zero-order valence-electron chi connectivity index (χ0n) is 46.8. The van der Waals surface area contributed by atoms with E-state index in [2.05, 4.69) is 167 Å². The van der Waals surface area contributed by atoms with Crippen LogP contribution in [0.4, 0.5) is 0 Å². The molecule has 0 amide bonds. The standard InChI is InChI=1S/C67H106O6/c1-4-7-10-13-16-19-21-23-25-26-27-28-29-30-31-32-33-34-35-36-37-38-39-40-42-43-45-48-51-54-57-60-66(69)72-63-64(62-71-65(68)59-56-53-50-47-18-15-12-9-6-3)73-67(70)61-58-55-52-49-46-44-41-24-22-20-17-14-11-8-5-2/h7-8,10-11,16-17,19-20,23-25,27-28,30-31,33-34,36-37,39-41,46,49,64H,4-6,9,12-15,18,21-22,26,29,32,35,38,42-45,47-48,50-63H2,1-3H3/b10-7-,11-8-,19-16-,20-17-,25-23-,28-27-,31-30-,34-33-,37-36-,40-39-,41-24-,49-46-. The molecular weight excluding hydrogens is 901 g/mol. The van der Waals surface area contributed by atoms with Gasteiger partial charge in [0, 0.05) is 19.3 Å². The molecule has 0 saturated carbocycles. The number of esters is 3. The Morgan fingerprint density at radius 1 is 0.288 bits per heavy atom. The topological polar surface area (TPSA) is 78.9 Å². The Bertz CT molecular complexity index is 1630. The molecule has 0 N–H and O–H groups in total. The third-order valence-electron chi connectivity index (χ3n) is 11.8. The lowest BCUT2D eigenvalue weighted by molar-refractivity contribution is -0.167. The summed E-state index contributed by atoms with van der Waals surface area (Å²) in [6.45, 7) is 6.33. The monoisotopic (exact) mass is 1010 g/mol. The average molecular weight is 1010 g/mol. The maximum atomic E-state index is 12.8. The summed E-state index contributed by atoms with van der Waals surface area (Å²) in [5.74, 6) is -0.970. The normalized spacial score (nSPS) is 13.2. The lowest BCUT2D eigenvalue weighted by Crippen LogP contribution is -2.30. The zero-order chi connectivity index (χ0) is 52.9. The van der Waals surface area contributed by atoms with Crippen LogP contribution in [0.3, 0.4) is 0 Å². The summed E-state index contributed by atoms with van der Waals surface area (Å²) in [7, 11) is 0. The van der Waals surface area contributed by atoms with E-state index in [1.165, 1.54) is 51.4 Å². The summed E-state index contributed by atoms with van der Waals surface area (Å²) in [4.78, 5) is 38.0. The first kappa shape index (κ1) is 68.3. The molecule has 1 unspecified atom stereocenters. The van der Waals surface area contributed by atoms with E-state index in [-0.39, 0.29) is 37.5 Å². The fourth-order valence-electron chi connectivity index (χ4n) is 7.51. The molecule has 0 aromatic carbocycles. The Morgan fingerprint density at radius 3 is 0.863 bits per heavy atom. The molecule has 0 heterocycles. The number of hydrogen-bond acceptors (Lipinski definition) is 6. The third kappa shape index (κ3) is 58.1. The predicted molar refractivity (Wildman–Crippen MR) is 315 cm³/mol. The molecule has 1 atom stereocenters. The van der Waals surface area contributed by atoms with Crippen LogP contribution in [0.2, 0.25) is 0 Å². The Kier molecular flexibility index (Phi) is 56.0. The van der Waals surface area contributed by atoms with Gasteiger partial charge in [-0.3, -0.25) is 14.4 Å². The molecule has 0 bridgehead atoms. The summed E-state index contributed by atoms with van der Waals surface area (Å²) in [5.41, 5.74) is 0. The summed E-state index contributed by atoms with van der Waals surface area (Å²) in [5, 5.41) is 0. The molecule has 0 saturated heterocycles. The highest BCUT2D eigenvalue weighted by Crippen LogP contribution is 2.13. The van der Waals surface area contributed by atoms with E-state index in [0.29, 0.717) is 19.3 Å². The molecule has 0 aliphatic heterocycles. The van der Waals surface area contributed by atoms with Gasteiger partial charge in [-0.15, -0.1) is 0 Å². The molecule has 6 nitrogen and oxygen atoms in total. The van der Waals surface area contributed by atoms with E-state index in [9.17, 15) is 14.4 Å². The second kappa shape index (κ2) is 59.8. The van der Waals surface area contributed by atoms with Crippen molar-refractivity contribution in [2.24, 2.45) is 0 Å². The van der Waals surface area contributed by atoms with Crippen LogP contribution in [0.15, 0.2) is 146 Å². The predicted octanol–water partition coefficient (Wildman–Crippen LogP) is 20.0. The number of carbonyl (C=O) groups is 3. The van der Waals surface area contributed by atoms with Crippen LogP contribution in [0, 0.1) is 0 Å². The highest BCUT2D eigenvalue weighted by molar-refractivity contribution is 5.71. The number of ether oxygens (including phenoxy) is 3. The molecule has 0 aliphatic rings. The summed E-state index contributed by atoms with van der Waals surface area (Å²) in [6, 6.07) is 0. The first-order valence-corrected chi connectivity index (χ1v) is 29.3. The van der Waals surface area contributed by atoms with Crippen LogP contribution >= 0.6 is 0 Å². The van der Waals surface area contributed by atoms with Crippen molar-refractivity contribution in [1.29, 1.82) is 0 Å². The molecule has 6 heteroatoms. The van der Waals surface area contributed by atoms with Gasteiger partial charge in [0.2, 0.25) is 0 Å². The van der Waals surface area contributed by atoms with Gasteiger partial charge in [-0.05, 0) is 122 Å². The van der Waals surface area contributed by atoms with Crippen LogP contribution in [0.1, 0.15) is 239 Å². The first-order valence-electron chi connectivity index (χ1n) is 29.3. The van der Waals surface area contributed by atoms with Crippen molar-refractivity contribution in [1.82, 2.24) is 0 Å². The van der Waals surface area contributed by atoms with Crippen molar-refractivity contribution in [2.75, 3.05) is 13.2 Å². The molecular formula is C67H106O6. The van der Waals surface area contributed by atoms with E-state index < -0.39 is 6.10 Å². The van der Waals surface area contributed by atoms with Gasteiger partial charge >= 0.3 is 17.9 Å². The Labute approximate surface area is 448 Å². The van der Waals surface area contributed by atoms with Crippen molar-refractivity contribution in [3.8, 4) is 0 Å². The van der Waals surface area contributed by atoms with Gasteiger partial charge in [0.1, 0.15) is 13.2 Å². The van der Waals surface area contributed by atoms with E-state index in [1.54, 1.807) is 0 Å². The number of carbonyl (C=O) groups excluding carboxylic acids is 3. The van der Waals surface area contributed by atoms with E-state index in [0.717, 1.165) is 141 Å². The van der Waals surface area contributed by atoms with Gasteiger partial charge in [0.25, 0.3) is 0 Å². The van der Waals surface area contributed by atoms with Gasteiger partial charge in [-0.1, -0.05) is 244 Å². The minimum absolute atomic E-state index is 0.103. The number of hydrogen-bond donors (Lipinski definition) is 0. The number of allylic oxidation sites excluding steroid dienone is 24. The van der Waals surface area contributed by atoms with Gasteiger partial charge in [-0.2, -0.15) is 0 Å². The Morgan fingerprint density at radius 2 is 0.534 bits per heavy atom. The second-order valence-corrected chi connectivity index (χ2v) is 18.8. The molecule has 0 radical (unpaired) electrons. The highest BCUT2D eigenvalue weighted by atomic mass is 16.6. The largest absolute Gasteiger partial charge is 0.462 e. The average Bonchev–Trinajstić information content (AvgIpc) is 3.39. The third-order valence-corrected chi connectivity index (χ3v) is 11.8. The minimum atomic E-state index is -0.809. The fourth-order valence-corrected chi connectivity index (χ4v) is 7.51. The van der Waals surface area contributed by atoms with Crippen LogP contribution in [0.25, 0.3) is 0 Å². The zero-order valence-corrected chi connectivity index (χ0v) is 46.8. The molecule has 0 aliphatic carbocycles. The smallest absolute Gasteiger partial charge is 0.306 e. The SMILES string of the molecule is CC/C=C\C/C=C\C/C=C\C/C=C\C/C=C\C/C=C\C/C=C\C/C=C\CCCCCCCCC(=O)OCC(COC(=O)CCCCCCCCCCC)OC(=O)CCCC/C=C\C/C=C\C/C=C\C/C=C\CC. The lowest BCUT2D eigenvalue weighted by Gasteiger charge is -2.18. The van der Waals surface area contributed by atoms with Gasteiger partial charge in [0.05, 0.1) is 0 Å². The number of unbranched alkanes of at least 4 members (excludes halogenated alkanes) is 16. The maximum absolute atomic E-state index is 12.8. The number of rotatable bonds is 51. The van der Waals surface area contributed by atoms with Crippen LogP contribution < -0.4 is 0 Å². The van der Waals surface area contributed by atoms with Gasteiger partial charge in [-0.25, -0.2) is 0 Å². The van der Waals surface area contributed by atoms with Gasteiger partial charge in [0.15, 0.2) is 6.10 Å². The van der Waals surface area contributed by atoms with Crippen molar-refractivity contribution in [3.05, 3.63) is 146 Å². The highest BCUT2D eigenvalue weighted by Gasteiger charge is 2.19. The molecule has 73 heavy (non-hydrogen) atoms. The van der Waals surface area contributed by atoms with Crippen LogP contribution in [0.5, 0.6) is 0 Å². The molecule has 0 rings (SSSR count).